The molecule has 1 amide bonds. The Kier molecular flexibility index (Phi) is 5.12. The Bertz CT molecular complexity index is 587. The smallest absolute Gasteiger partial charge is 0.268 e. The van der Waals surface area contributed by atoms with Crippen molar-refractivity contribution >= 4 is 17.7 Å². The van der Waals surface area contributed by atoms with E-state index in [-0.39, 0.29) is 5.69 Å². The number of hydrogen-bond donors (Lipinski definition) is 1. The summed E-state index contributed by atoms with van der Waals surface area (Å²) in [5.41, 5.74) is 6.41. The minimum atomic E-state index is -0.547. The van der Waals surface area contributed by atoms with Crippen LogP contribution in [0.15, 0.2) is 46.5 Å². The first-order valence-electron chi connectivity index (χ1n) is 6.59. The molecule has 0 aliphatic carbocycles. The standard InChI is InChI=1S/C15H17N3OS/c1-2-3-9-12-15(18-13(10-17-12)14(16)19)20-11-7-5-4-6-8-11/h4-8,10H,2-3,9H2,1H3,(H2,16,19). The van der Waals surface area contributed by atoms with Crippen molar-refractivity contribution in [2.75, 3.05) is 0 Å². The Morgan fingerprint density at radius 3 is 2.70 bits per heavy atom. The topological polar surface area (TPSA) is 68.9 Å². The highest BCUT2D eigenvalue weighted by molar-refractivity contribution is 7.99. The summed E-state index contributed by atoms with van der Waals surface area (Å²) in [4.78, 5) is 21.0. The third-order valence-corrected chi connectivity index (χ3v) is 3.82. The summed E-state index contributed by atoms with van der Waals surface area (Å²) in [6.07, 6.45) is 4.46. The molecular weight excluding hydrogens is 270 g/mol. The first kappa shape index (κ1) is 14.5. The van der Waals surface area contributed by atoms with Crippen LogP contribution >= 0.6 is 11.8 Å². The van der Waals surface area contributed by atoms with Gasteiger partial charge in [0.1, 0.15) is 10.7 Å². The molecule has 2 rings (SSSR count). The van der Waals surface area contributed by atoms with Crippen molar-refractivity contribution in [3.63, 3.8) is 0 Å². The minimum absolute atomic E-state index is 0.212. The van der Waals surface area contributed by atoms with Crippen LogP contribution in [0.1, 0.15) is 35.9 Å². The van der Waals surface area contributed by atoms with Gasteiger partial charge < -0.3 is 5.73 Å². The van der Waals surface area contributed by atoms with E-state index in [0.29, 0.717) is 0 Å². The predicted molar refractivity (Wildman–Crippen MR) is 79.7 cm³/mol. The Labute approximate surface area is 122 Å². The van der Waals surface area contributed by atoms with Crippen molar-refractivity contribution in [3.8, 4) is 0 Å². The summed E-state index contributed by atoms with van der Waals surface area (Å²) < 4.78 is 0. The number of primary amides is 1. The van der Waals surface area contributed by atoms with E-state index >= 15 is 0 Å². The number of carbonyl (C=O) groups excluding carboxylic acids is 1. The number of amides is 1. The Morgan fingerprint density at radius 1 is 1.30 bits per heavy atom. The lowest BCUT2D eigenvalue weighted by Crippen LogP contribution is -2.14. The van der Waals surface area contributed by atoms with E-state index < -0.39 is 5.91 Å². The molecule has 4 nitrogen and oxygen atoms in total. The molecule has 0 fully saturated rings. The zero-order valence-corrected chi connectivity index (χ0v) is 12.2. The molecule has 1 aromatic carbocycles. The highest BCUT2D eigenvalue weighted by atomic mass is 32.2. The number of hydrogen-bond acceptors (Lipinski definition) is 4. The highest BCUT2D eigenvalue weighted by Gasteiger charge is 2.11. The summed E-state index contributed by atoms with van der Waals surface area (Å²) in [5.74, 6) is -0.547. The molecule has 5 heteroatoms. The molecule has 0 spiro atoms. The van der Waals surface area contributed by atoms with Gasteiger partial charge in [-0.15, -0.1) is 0 Å². The van der Waals surface area contributed by atoms with Crippen LogP contribution in [0.3, 0.4) is 0 Å². The maximum atomic E-state index is 11.2. The van der Waals surface area contributed by atoms with E-state index in [0.717, 1.165) is 34.9 Å². The predicted octanol–water partition coefficient (Wildman–Crippen LogP) is 3.07. The number of unbranched alkanes of at least 4 members (excludes halogenated alkanes) is 1. The minimum Gasteiger partial charge on any atom is -0.364 e. The van der Waals surface area contributed by atoms with Crippen LogP contribution in [0.2, 0.25) is 0 Å². The second-order valence-corrected chi connectivity index (χ2v) is 5.45. The molecule has 104 valence electrons. The van der Waals surface area contributed by atoms with Crippen LogP contribution in [0, 0.1) is 0 Å². The summed E-state index contributed by atoms with van der Waals surface area (Å²) in [7, 11) is 0. The van der Waals surface area contributed by atoms with E-state index in [2.05, 4.69) is 16.9 Å². The number of nitrogens with zero attached hydrogens (tertiary/aromatic N) is 2. The zero-order valence-electron chi connectivity index (χ0n) is 11.4. The summed E-state index contributed by atoms with van der Waals surface area (Å²) in [6, 6.07) is 9.92. The van der Waals surface area contributed by atoms with Gasteiger partial charge in [-0.3, -0.25) is 9.78 Å². The number of benzene rings is 1. The maximum absolute atomic E-state index is 11.2. The van der Waals surface area contributed by atoms with Crippen LogP contribution in [0.25, 0.3) is 0 Å². The maximum Gasteiger partial charge on any atom is 0.268 e. The molecule has 0 aliphatic rings. The Balaban J connectivity index is 2.30. The van der Waals surface area contributed by atoms with Crippen LogP contribution in [-0.4, -0.2) is 15.9 Å². The molecule has 0 unspecified atom stereocenters. The molecule has 0 aliphatic heterocycles. The number of aryl methyl sites for hydroxylation is 1. The van der Waals surface area contributed by atoms with Crippen LogP contribution in [0.4, 0.5) is 0 Å². The number of nitrogens with two attached hydrogens (primary N) is 1. The fraction of sp³-hybridized carbons (Fsp3) is 0.267. The second-order valence-electron chi connectivity index (χ2n) is 4.39. The molecule has 0 saturated heterocycles. The monoisotopic (exact) mass is 287 g/mol. The Morgan fingerprint density at radius 2 is 2.05 bits per heavy atom. The summed E-state index contributed by atoms with van der Waals surface area (Å²) in [6.45, 7) is 2.13. The van der Waals surface area contributed by atoms with Gasteiger partial charge in [0.05, 0.1) is 11.9 Å². The molecule has 0 atom stereocenters. The number of carbonyl (C=O) groups is 1. The van der Waals surface area contributed by atoms with Gasteiger partial charge in [0.15, 0.2) is 0 Å². The van der Waals surface area contributed by atoms with Crippen molar-refractivity contribution in [3.05, 3.63) is 47.9 Å². The quantitative estimate of drug-likeness (QED) is 0.886. The lowest BCUT2D eigenvalue weighted by atomic mass is 10.2. The van der Waals surface area contributed by atoms with E-state index in [1.807, 2.05) is 30.3 Å². The van der Waals surface area contributed by atoms with E-state index in [4.69, 9.17) is 5.73 Å². The average molecular weight is 287 g/mol. The van der Waals surface area contributed by atoms with Gasteiger partial charge in [-0.05, 0) is 25.0 Å². The van der Waals surface area contributed by atoms with Gasteiger partial charge in [0, 0.05) is 4.90 Å². The van der Waals surface area contributed by atoms with E-state index in [1.54, 1.807) is 0 Å². The molecule has 1 heterocycles. The van der Waals surface area contributed by atoms with Crippen molar-refractivity contribution < 1.29 is 4.79 Å². The number of aromatic nitrogens is 2. The highest BCUT2D eigenvalue weighted by Crippen LogP contribution is 2.28. The van der Waals surface area contributed by atoms with Gasteiger partial charge in [-0.2, -0.15) is 0 Å². The molecule has 0 saturated carbocycles. The van der Waals surface area contributed by atoms with Crippen LogP contribution < -0.4 is 5.73 Å². The fourth-order valence-electron chi connectivity index (χ4n) is 1.71. The first-order chi connectivity index (χ1) is 9.70. The van der Waals surface area contributed by atoms with Gasteiger partial charge >= 0.3 is 0 Å². The van der Waals surface area contributed by atoms with Crippen molar-refractivity contribution in [2.45, 2.75) is 36.1 Å². The van der Waals surface area contributed by atoms with Crippen molar-refractivity contribution in [1.29, 1.82) is 0 Å². The van der Waals surface area contributed by atoms with Crippen LogP contribution in [-0.2, 0) is 6.42 Å². The van der Waals surface area contributed by atoms with Crippen molar-refractivity contribution in [2.24, 2.45) is 5.73 Å². The summed E-state index contributed by atoms with van der Waals surface area (Å²) in [5, 5.41) is 0.765. The third kappa shape index (κ3) is 3.81. The average Bonchev–Trinajstić information content (AvgIpc) is 2.47. The largest absolute Gasteiger partial charge is 0.364 e. The molecule has 20 heavy (non-hydrogen) atoms. The molecule has 2 N–H and O–H groups in total. The molecule has 2 aromatic rings. The van der Waals surface area contributed by atoms with Crippen molar-refractivity contribution in [1.82, 2.24) is 9.97 Å². The summed E-state index contributed by atoms with van der Waals surface area (Å²) >= 11 is 1.51. The number of rotatable bonds is 6. The molecule has 1 aromatic heterocycles. The van der Waals surface area contributed by atoms with Gasteiger partial charge in [0.25, 0.3) is 5.91 Å². The molecular formula is C15H17N3OS. The van der Waals surface area contributed by atoms with Crippen LogP contribution in [0.5, 0.6) is 0 Å². The Hall–Kier alpha value is -1.88. The van der Waals surface area contributed by atoms with Gasteiger partial charge in [-0.1, -0.05) is 43.3 Å². The van der Waals surface area contributed by atoms with E-state index in [9.17, 15) is 4.79 Å². The molecule has 0 radical (unpaired) electrons. The van der Waals surface area contributed by atoms with Gasteiger partial charge in [-0.25, -0.2) is 4.98 Å². The zero-order chi connectivity index (χ0) is 14.4. The fourth-order valence-corrected chi connectivity index (χ4v) is 2.65. The third-order valence-electron chi connectivity index (χ3n) is 2.79. The first-order valence-corrected chi connectivity index (χ1v) is 7.41. The SMILES string of the molecule is CCCCc1ncc(C(N)=O)nc1Sc1ccccc1. The lowest BCUT2D eigenvalue weighted by Gasteiger charge is -2.08. The van der Waals surface area contributed by atoms with E-state index in [1.165, 1.54) is 18.0 Å². The van der Waals surface area contributed by atoms with Gasteiger partial charge in [0.2, 0.25) is 0 Å². The lowest BCUT2D eigenvalue weighted by molar-refractivity contribution is 0.0994. The molecule has 0 bridgehead atoms. The normalized spacial score (nSPS) is 10.4. The second kappa shape index (κ2) is 7.05.